The van der Waals surface area contributed by atoms with Crippen LogP contribution in [0.2, 0.25) is 0 Å². The summed E-state index contributed by atoms with van der Waals surface area (Å²) in [7, 11) is 0. The number of carbonyl (C=O) groups excluding carboxylic acids is 1. The van der Waals surface area contributed by atoms with Crippen LogP contribution in [0.25, 0.3) is 0 Å². The molecular formula is C5H7BrClNO3. The highest BCUT2D eigenvalue weighted by Gasteiger charge is 2.38. The normalized spacial score (nSPS) is 32.3. The Morgan fingerprint density at radius 2 is 2.45 bits per heavy atom. The molecule has 1 unspecified atom stereocenters. The largest absolute Gasteiger partial charge is 0.391 e. The van der Waals surface area contributed by atoms with Gasteiger partial charge in [0.05, 0.1) is 6.10 Å². The number of carbonyl (C=O) groups is 1. The fourth-order valence-corrected chi connectivity index (χ4v) is 1.56. The molecule has 1 saturated heterocycles. The zero-order valence-corrected chi connectivity index (χ0v) is 7.88. The Morgan fingerprint density at radius 1 is 1.82 bits per heavy atom. The van der Waals surface area contributed by atoms with E-state index < -0.39 is 18.1 Å². The van der Waals surface area contributed by atoms with E-state index in [1.54, 1.807) is 0 Å². The van der Waals surface area contributed by atoms with E-state index in [1.807, 2.05) is 0 Å². The van der Waals surface area contributed by atoms with Crippen molar-refractivity contribution < 1.29 is 13.7 Å². The number of aliphatic hydroxyl groups excluding tert-OH is 1. The fraction of sp³-hybridized carbons (Fsp3) is 0.800. The molecule has 1 aliphatic heterocycles. The van der Waals surface area contributed by atoms with Crippen LogP contribution < -0.4 is 0 Å². The standard InChI is InChI=1S/C5H7BrClNO3/c6-11-5(10)4-3(9)1-2-8(4)7/h3-4,9H,1-2H2/t3?,4-/m0/s1. The summed E-state index contributed by atoms with van der Waals surface area (Å²) in [6.07, 6.45) is -0.228. The smallest absolute Gasteiger partial charge is 0.338 e. The molecule has 1 aliphatic rings. The van der Waals surface area contributed by atoms with Gasteiger partial charge in [0.1, 0.15) is 6.04 Å². The predicted octanol–water partition coefficient (Wildman–Crippen LogP) is 0.429. The molecule has 0 spiro atoms. The van der Waals surface area contributed by atoms with E-state index in [0.717, 1.165) is 0 Å². The second-order valence-electron chi connectivity index (χ2n) is 2.32. The van der Waals surface area contributed by atoms with Crippen LogP contribution in [-0.2, 0) is 8.62 Å². The summed E-state index contributed by atoms with van der Waals surface area (Å²) in [6.45, 7) is 0.496. The molecule has 0 saturated carbocycles. The van der Waals surface area contributed by atoms with E-state index in [2.05, 4.69) is 20.1 Å². The van der Waals surface area contributed by atoms with Crippen LogP contribution >= 0.6 is 28.0 Å². The van der Waals surface area contributed by atoms with Crippen molar-refractivity contribution >= 4 is 34.0 Å². The van der Waals surface area contributed by atoms with Gasteiger partial charge in [0.15, 0.2) is 16.3 Å². The Labute approximate surface area is 77.6 Å². The summed E-state index contributed by atoms with van der Waals surface area (Å²) in [6, 6.07) is -0.740. The number of aliphatic hydroxyl groups is 1. The maximum absolute atomic E-state index is 10.9. The van der Waals surface area contributed by atoms with Gasteiger partial charge in [0, 0.05) is 6.54 Å². The molecule has 1 heterocycles. The minimum Gasteiger partial charge on any atom is -0.391 e. The number of hydrogen-bond acceptors (Lipinski definition) is 4. The van der Waals surface area contributed by atoms with Crippen LogP contribution in [0, 0.1) is 0 Å². The van der Waals surface area contributed by atoms with E-state index in [4.69, 9.17) is 11.8 Å². The molecule has 0 amide bonds. The lowest BCUT2D eigenvalue weighted by Gasteiger charge is -2.15. The molecule has 1 fully saturated rings. The topological polar surface area (TPSA) is 49.8 Å². The van der Waals surface area contributed by atoms with Crippen molar-refractivity contribution in [2.75, 3.05) is 6.54 Å². The van der Waals surface area contributed by atoms with Crippen LogP contribution in [0.4, 0.5) is 0 Å². The zero-order valence-electron chi connectivity index (χ0n) is 5.54. The van der Waals surface area contributed by atoms with E-state index in [0.29, 0.717) is 13.0 Å². The highest BCUT2D eigenvalue weighted by atomic mass is 79.9. The van der Waals surface area contributed by atoms with E-state index >= 15 is 0 Å². The highest BCUT2D eigenvalue weighted by molar-refractivity contribution is 9.06. The molecule has 6 heteroatoms. The molecular weight excluding hydrogens is 237 g/mol. The van der Waals surface area contributed by atoms with Crippen LogP contribution in [0.3, 0.4) is 0 Å². The summed E-state index contributed by atoms with van der Waals surface area (Å²) < 4.78 is 5.51. The third kappa shape index (κ3) is 1.84. The Morgan fingerprint density at radius 3 is 2.82 bits per heavy atom. The van der Waals surface area contributed by atoms with Crippen molar-refractivity contribution in [3.63, 3.8) is 0 Å². The van der Waals surface area contributed by atoms with Crippen molar-refractivity contribution in [2.45, 2.75) is 18.6 Å². The van der Waals surface area contributed by atoms with Gasteiger partial charge in [-0.2, -0.15) is 0 Å². The summed E-state index contributed by atoms with van der Waals surface area (Å²) in [5.74, 6) is -0.565. The Balaban J connectivity index is 2.60. The highest BCUT2D eigenvalue weighted by Crippen LogP contribution is 2.21. The molecule has 0 aliphatic carbocycles. The van der Waals surface area contributed by atoms with Crippen molar-refractivity contribution in [2.24, 2.45) is 0 Å². The molecule has 0 bridgehead atoms. The summed E-state index contributed by atoms with van der Waals surface area (Å²) in [4.78, 5) is 10.9. The molecule has 64 valence electrons. The van der Waals surface area contributed by atoms with Gasteiger partial charge in [0.2, 0.25) is 0 Å². The second-order valence-corrected chi connectivity index (χ2v) is 3.08. The second kappa shape index (κ2) is 3.71. The van der Waals surface area contributed by atoms with Crippen LogP contribution in [0.5, 0.6) is 0 Å². The Kier molecular flexibility index (Phi) is 3.12. The van der Waals surface area contributed by atoms with E-state index in [-0.39, 0.29) is 0 Å². The SMILES string of the molecule is O=C(OBr)[C@@H]1C(O)CCN1Cl. The van der Waals surface area contributed by atoms with Gasteiger partial charge in [-0.05, 0) is 18.2 Å². The average Bonchev–Trinajstić information content (AvgIpc) is 2.30. The average molecular weight is 244 g/mol. The van der Waals surface area contributed by atoms with Gasteiger partial charge in [-0.3, -0.25) is 0 Å². The molecule has 4 nitrogen and oxygen atoms in total. The summed E-state index contributed by atoms with van der Waals surface area (Å²) in [5.41, 5.74) is 0. The Hall–Kier alpha value is 0.160. The molecule has 0 aromatic carbocycles. The quantitative estimate of drug-likeness (QED) is 0.680. The lowest BCUT2D eigenvalue weighted by molar-refractivity contribution is -0.138. The number of rotatable bonds is 1. The first-order valence-electron chi connectivity index (χ1n) is 3.09. The van der Waals surface area contributed by atoms with Crippen molar-refractivity contribution in [1.29, 1.82) is 0 Å². The summed E-state index contributed by atoms with van der Waals surface area (Å²) in [5, 5.41) is 9.21. The lowest BCUT2D eigenvalue weighted by Crippen LogP contribution is -2.37. The lowest BCUT2D eigenvalue weighted by atomic mass is 10.2. The van der Waals surface area contributed by atoms with Gasteiger partial charge >= 0.3 is 5.97 Å². The van der Waals surface area contributed by atoms with Gasteiger partial charge < -0.3 is 8.93 Å². The minimum atomic E-state index is -0.740. The fourth-order valence-electron chi connectivity index (χ4n) is 1.06. The first-order valence-corrected chi connectivity index (χ1v) is 4.08. The molecule has 0 aromatic heterocycles. The van der Waals surface area contributed by atoms with Gasteiger partial charge in [-0.15, -0.1) is 0 Å². The molecule has 0 radical (unpaired) electrons. The molecule has 2 atom stereocenters. The first kappa shape index (κ1) is 9.25. The molecule has 1 rings (SSSR count). The molecule has 11 heavy (non-hydrogen) atoms. The minimum absolute atomic E-state index is 0.496. The van der Waals surface area contributed by atoms with Gasteiger partial charge in [-0.25, -0.2) is 9.21 Å². The van der Waals surface area contributed by atoms with E-state index in [9.17, 15) is 9.90 Å². The maximum atomic E-state index is 10.9. The van der Waals surface area contributed by atoms with Crippen molar-refractivity contribution in [3.05, 3.63) is 0 Å². The molecule has 1 N–H and O–H groups in total. The van der Waals surface area contributed by atoms with Crippen LogP contribution in [-0.4, -0.2) is 34.2 Å². The molecule has 0 aromatic rings. The van der Waals surface area contributed by atoms with Crippen molar-refractivity contribution in [3.8, 4) is 0 Å². The Bertz CT molecular complexity index is 158. The number of hydrogen-bond donors (Lipinski definition) is 1. The van der Waals surface area contributed by atoms with E-state index in [1.165, 1.54) is 4.42 Å². The zero-order chi connectivity index (χ0) is 8.43. The first-order chi connectivity index (χ1) is 5.16. The van der Waals surface area contributed by atoms with Crippen LogP contribution in [0.15, 0.2) is 0 Å². The monoisotopic (exact) mass is 243 g/mol. The number of halogens is 2. The third-order valence-corrected chi connectivity index (χ3v) is 2.32. The third-order valence-electron chi connectivity index (χ3n) is 1.62. The van der Waals surface area contributed by atoms with Gasteiger partial charge in [0.25, 0.3) is 0 Å². The number of nitrogens with zero attached hydrogens (tertiary/aromatic N) is 1. The predicted molar refractivity (Wildman–Crippen MR) is 42.0 cm³/mol. The van der Waals surface area contributed by atoms with Crippen LogP contribution in [0.1, 0.15) is 6.42 Å². The maximum Gasteiger partial charge on any atom is 0.338 e. The van der Waals surface area contributed by atoms with Crippen molar-refractivity contribution in [1.82, 2.24) is 4.42 Å². The summed E-state index contributed by atoms with van der Waals surface area (Å²) >= 11 is 8.13. The van der Waals surface area contributed by atoms with Gasteiger partial charge in [-0.1, -0.05) is 0 Å².